The molecular weight excluding hydrogens is 570 g/mol. The van der Waals surface area contributed by atoms with Crippen molar-refractivity contribution in [3.8, 4) is 0 Å². The maximum Gasteiger partial charge on any atom is 0.256 e. The third-order valence-electron chi connectivity index (χ3n) is 7.68. The van der Waals surface area contributed by atoms with Gasteiger partial charge in [0.05, 0.1) is 18.2 Å². The number of carbonyl (C=O) groups is 1. The average Bonchev–Trinajstić information content (AvgIpc) is 3.12. The normalized spacial score (nSPS) is 21.3. The minimum atomic E-state index is -2.06. The fraction of sp³-hybridized carbons (Fsp3) is 0.594. The quantitative estimate of drug-likeness (QED) is 0.186. The standard InChI is InChI=1S/C29H43N3O7S.C3H8/c1-5-7-13-29(6-2)17-40-23-12-11-20(31(3)4)15-21(23)24(32(29)39)18-9-8-10-19(14-18)30-28(38)27(37)26(36)25(35)22(34)16-33;1-3-2/h8-12,14-15,22,24-27,33-37,39H,5-7,13,16-17H2,1-4H3,(H,30,38);3H2,1-2H3/t22?,24?,25-,26+,27-,29+;/m1./s1. The summed E-state index contributed by atoms with van der Waals surface area (Å²) in [7, 11) is 3.92. The Morgan fingerprint density at radius 3 is 2.33 bits per heavy atom. The van der Waals surface area contributed by atoms with Crippen LogP contribution in [0.25, 0.3) is 0 Å². The molecule has 0 aromatic heterocycles. The monoisotopic (exact) mass is 621 g/mol. The highest BCUT2D eigenvalue weighted by molar-refractivity contribution is 7.99. The molecule has 43 heavy (non-hydrogen) atoms. The minimum Gasteiger partial charge on any atom is -0.394 e. The van der Waals surface area contributed by atoms with Crippen LogP contribution in [0.1, 0.15) is 77.0 Å². The topological polar surface area (TPSA) is 157 Å². The number of nitrogens with zero attached hydrogens (tertiary/aromatic N) is 2. The van der Waals surface area contributed by atoms with E-state index in [4.69, 9.17) is 5.11 Å². The molecule has 11 heteroatoms. The summed E-state index contributed by atoms with van der Waals surface area (Å²) in [5.41, 5.74) is 2.48. The van der Waals surface area contributed by atoms with Crippen LogP contribution in [0, 0.1) is 0 Å². The highest BCUT2D eigenvalue weighted by Gasteiger charge is 2.43. The SMILES string of the molecule is CCC.CCCC[C@@]1(CC)CSc2ccc(N(C)C)cc2C(c2cccc(NC(=O)[C@H](O)[C@@H](O)[C@H](O)C(O)CO)c2)N1O. The Hall–Kier alpha value is -2.22. The second kappa shape index (κ2) is 17.3. The van der Waals surface area contributed by atoms with Crippen LogP contribution >= 0.6 is 11.8 Å². The minimum absolute atomic E-state index is 0.317. The van der Waals surface area contributed by atoms with Crippen molar-refractivity contribution >= 4 is 29.0 Å². The number of aliphatic hydroxyl groups excluding tert-OH is 5. The van der Waals surface area contributed by atoms with Crippen molar-refractivity contribution in [3.63, 3.8) is 0 Å². The number of rotatable bonds is 12. The highest BCUT2D eigenvalue weighted by atomic mass is 32.2. The smallest absolute Gasteiger partial charge is 0.256 e. The highest BCUT2D eigenvalue weighted by Crippen LogP contribution is 2.47. The van der Waals surface area contributed by atoms with E-state index in [1.54, 1.807) is 30.0 Å². The summed E-state index contributed by atoms with van der Waals surface area (Å²) in [4.78, 5) is 15.8. The number of unbranched alkanes of at least 4 members (excludes halogenated alkanes) is 1. The van der Waals surface area contributed by atoms with Gasteiger partial charge in [-0.3, -0.25) is 4.79 Å². The van der Waals surface area contributed by atoms with Crippen LogP contribution in [0.5, 0.6) is 0 Å². The van der Waals surface area contributed by atoms with Crippen LogP contribution in [-0.4, -0.2) is 98.1 Å². The van der Waals surface area contributed by atoms with Gasteiger partial charge in [-0.15, -0.1) is 11.8 Å². The Kier molecular flexibility index (Phi) is 14.9. The molecule has 0 spiro atoms. The third-order valence-corrected chi connectivity index (χ3v) is 9.04. The summed E-state index contributed by atoms with van der Waals surface area (Å²) in [5, 5.41) is 64.8. The molecule has 0 fully saturated rings. The number of hydrogen-bond acceptors (Lipinski definition) is 10. The number of hydroxylamine groups is 2. The summed E-state index contributed by atoms with van der Waals surface area (Å²) in [5.74, 6) is -0.278. The van der Waals surface area contributed by atoms with E-state index in [-0.39, 0.29) is 0 Å². The Morgan fingerprint density at radius 2 is 1.74 bits per heavy atom. The van der Waals surface area contributed by atoms with E-state index >= 15 is 0 Å². The van der Waals surface area contributed by atoms with E-state index in [1.807, 2.05) is 25.1 Å². The van der Waals surface area contributed by atoms with Crippen molar-refractivity contribution in [1.82, 2.24) is 5.06 Å². The zero-order valence-corrected chi connectivity index (χ0v) is 27.1. The number of anilines is 2. The van der Waals surface area contributed by atoms with Crippen LogP contribution in [0.15, 0.2) is 47.4 Å². The Balaban J connectivity index is 0.00000206. The van der Waals surface area contributed by atoms with Crippen molar-refractivity contribution in [2.24, 2.45) is 0 Å². The summed E-state index contributed by atoms with van der Waals surface area (Å²) >= 11 is 1.73. The van der Waals surface area contributed by atoms with Gasteiger partial charge >= 0.3 is 0 Å². The zero-order valence-electron chi connectivity index (χ0n) is 26.3. The van der Waals surface area contributed by atoms with Gasteiger partial charge in [0.2, 0.25) is 0 Å². The van der Waals surface area contributed by atoms with Crippen LogP contribution < -0.4 is 10.2 Å². The predicted molar refractivity (Wildman–Crippen MR) is 172 cm³/mol. The molecule has 6 atom stereocenters. The first-order valence-corrected chi connectivity index (χ1v) is 16.1. The van der Waals surface area contributed by atoms with E-state index in [2.05, 4.69) is 51.2 Å². The molecule has 0 saturated heterocycles. The summed E-state index contributed by atoms with van der Waals surface area (Å²) in [6, 6.07) is 12.6. The molecule has 1 aliphatic rings. The Morgan fingerprint density at radius 1 is 1.07 bits per heavy atom. The fourth-order valence-electron chi connectivity index (χ4n) is 4.98. The lowest BCUT2D eigenvalue weighted by molar-refractivity contribution is -0.193. The van der Waals surface area contributed by atoms with Gasteiger partial charge in [-0.1, -0.05) is 59.1 Å². The van der Waals surface area contributed by atoms with Gasteiger partial charge in [0.1, 0.15) is 18.3 Å². The Bertz CT molecular complexity index is 1150. The van der Waals surface area contributed by atoms with Crippen molar-refractivity contribution in [3.05, 3.63) is 53.6 Å². The second-order valence-electron chi connectivity index (χ2n) is 11.3. The van der Waals surface area contributed by atoms with Gasteiger partial charge in [0, 0.05) is 36.1 Å². The number of benzene rings is 2. The molecule has 0 bridgehead atoms. The zero-order chi connectivity index (χ0) is 32.3. The lowest BCUT2D eigenvalue weighted by atomic mass is 9.87. The largest absolute Gasteiger partial charge is 0.394 e. The van der Waals surface area contributed by atoms with Gasteiger partial charge in [-0.2, -0.15) is 5.06 Å². The maximum atomic E-state index is 12.7. The molecule has 242 valence electrons. The number of carbonyl (C=O) groups excluding carboxylic acids is 1. The van der Waals surface area contributed by atoms with Crippen molar-refractivity contribution in [2.45, 2.75) is 101 Å². The number of aliphatic hydroxyl groups is 5. The van der Waals surface area contributed by atoms with E-state index < -0.39 is 48.5 Å². The maximum absolute atomic E-state index is 12.7. The molecule has 0 radical (unpaired) electrons. The first-order valence-electron chi connectivity index (χ1n) is 15.1. The molecule has 1 aliphatic heterocycles. The van der Waals surface area contributed by atoms with E-state index in [9.17, 15) is 30.4 Å². The van der Waals surface area contributed by atoms with Crippen LogP contribution in [-0.2, 0) is 4.79 Å². The van der Waals surface area contributed by atoms with Gasteiger partial charge in [-0.25, -0.2) is 0 Å². The summed E-state index contributed by atoms with van der Waals surface area (Å²) < 4.78 is 0. The number of nitrogens with one attached hydrogen (secondary N) is 1. The van der Waals surface area contributed by atoms with E-state index in [0.717, 1.165) is 47.4 Å². The van der Waals surface area contributed by atoms with Crippen LogP contribution in [0.4, 0.5) is 11.4 Å². The lowest BCUT2D eigenvalue weighted by Crippen LogP contribution is -2.50. The molecule has 1 heterocycles. The number of fused-ring (bicyclic) bond motifs is 1. The molecule has 3 rings (SSSR count). The van der Waals surface area contributed by atoms with Crippen molar-refractivity contribution < 1.29 is 35.5 Å². The molecule has 2 aromatic rings. The average molecular weight is 622 g/mol. The number of thioether (sulfide) groups is 1. The van der Waals surface area contributed by atoms with Gasteiger partial charge in [0.15, 0.2) is 6.10 Å². The fourth-order valence-corrected chi connectivity index (χ4v) is 6.38. The molecular formula is C32H51N3O7S. The molecule has 0 aliphatic carbocycles. The van der Waals surface area contributed by atoms with E-state index in [1.165, 1.54) is 11.5 Å². The molecule has 1 amide bonds. The summed E-state index contributed by atoms with van der Waals surface area (Å²) in [6.07, 6.45) is -2.95. The van der Waals surface area contributed by atoms with Gasteiger partial charge in [0.25, 0.3) is 5.91 Å². The van der Waals surface area contributed by atoms with Crippen molar-refractivity contribution in [1.29, 1.82) is 0 Å². The van der Waals surface area contributed by atoms with E-state index in [0.29, 0.717) is 11.4 Å². The number of amides is 1. The molecule has 2 unspecified atom stereocenters. The molecule has 7 N–H and O–H groups in total. The molecule has 0 saturated carbocycles. The van der Waals surface area contributed by atoms with Gasteiger partial charge < -0.3 is 41.0 Å². The summed E-state index contributed by atoms with van der Waals surface area (Å²) in [6.45, 7) is 7.62. The molecule has 2 aromatic carbocycles. The first-order chi connectivity index (χ1) is 20.4. The third kappa shape index (κ3) is 9.15. The number of hydrogen-bond donors (Lipinski definition) is 7. The second-order valence-corrected chi connectivity index (χ2v) is 12.3. The van der Waals surface area contributed by atoms with Crippen LogP contribution in [0.3, 0.4) is 0 Å². The van der Waals surface area contributed by atoms with Gasteiger partial charge in [-0.05, 0) is 54.3 Å². The first kappa shape index (κ1) is 37.0. The van der Waals surface area contributed by atoms with Crippen LogP contribution in [0.2, 0.25) is 0 Å². The Labute approximate surface area is 260 Å². The molecule has 10 nitrogen and oxygen atoms in total. The van der Waals surface area contributed by atoms with Crippen molar-refractivity contribution in [2.75, 3.05) is 36.7 Å². The predicted octanol–water partition coefficient (Wildman–Crippen LogP) is 3.77. The lowest BCUT2D eigenvalue weighted by Gasteiger charge is -2.42.